The van der Waals surface area contributed by atoms with Crippen molar-refractivity contribution in [3.8, 4) is 32.7 Å². The number of fused-ring (bicyclic) bond motifs is 7. The molecule has 0 fully saturated rings. The Morgan fingerprint density at radius 3 is 1.69 bits per heavy atom. The Balaban J connectivity index is 1.38. The molecule has 0 aliphatic rings. The molecule has 2 heteroatoms. The van der Waals surface area contributed by atoms with Crippen molar-refractivity contribution in [3.63, 3.8) is 0 Å². The van der Waals surface area contributed by atoms with Crippen LogP contribution in [0.2, 0.25) is 0 Å². The summed E-state index contributed by atoms with van der Waals surface area (Å²) in [4.78, 5) is 1.28. The summed E-state index contributed by atoms with van der Waals surface area (Å²) in [6.45, 7) is 0. The first-order valence-electron chi connectivity index (χ1n) is 14.3. The molecule has 0 radical (unpaired) electrons. The first-order chi connectivity index (χ1) is 20.8. The molecule has 9 aromatic rings. The van der Waals surface area contributed by atoms with Gasteiger partial charge in [0.2, 0.25) is 0 Å². The molecule has 2 heterocycles. The Morgan fingerprint density at radius 1 is 0.452 bits per heavy atom. The Labute approximate surface area is 246 Å². The second kappa shape index (κ2) is 9.17. The standard InChI is InChI=1S/C40H24OS/c1-3-12-25(13-4-1)35-24-27-22-23-34-38(40(27)42-35)33-21-11-20-32(39(33)41-34)37-30-18-9-7-16-28(30)36(26-14-5-2-6-15-26)29-17-8-10-19-31(29)37/h1-24H. The third-order valence-electron chi connectivity index (χ3n) is 8.47. The van der Waals surface area contributed by atoms with E-state index in [1.165, 1.54) is 64.1 Å². The van der Waals surface area contributed by atoms with Crippen molar-refractivity contribution in [1.29, 1.82) is 0 Å². The van der Waals surface area contributed by atoms with Crippen LogP contribution in [-0.2, 0) is 0 Å². The van der Waals surface area contributed by atoms with E-state index in [0.29, 0.717) is 0 Å². The maximum absolute atomic E-state index is 6.78. The monoisotopic (exact) mass is 552 g/mol. The molecule has 196 valence electrons. The van der Waals surface area contributed by atoms with Gasteiger partial charge in [-0.3, -0.25) is 0 Å². The molecule has 0 spiro atoms. The largest absolute Gasteiger partial charge is 0.455 e. The van der Waals surface area contributed by atoms with Gasteiger partial charge in [0.05, 0.1) is 0 Å². The van der Waals surface area contributed by atoms with Crippen LogP contribution in [-0.4, -0.2) is 0 Å². The number of hydrogen-bond acceptors (Lipinski definition) is 2. The summed E-state index contributed by atoms with van der Waals surface area (Å²) in [7, 11) is 0. The number of hydrogen-bond donors (Lipinski definition) is 0. The summed E-state index contributed by atoms with van der Waals surface area (Å²) in [5, 5.41) is 8.58. The fraction of sp³-hybridized carbons (Fsp3) is 0. The summed E-state index contributed by atoms with van der Waals surface area (Å²) in [5.74, 6) is 0. The minimum atomic E-state index is 0.931. The predicted octanol–water partition coefficient (Wildman–Crippen LogP) is 12.1. The van der Waals surface area contributed by atoms with Crippen LogP contribution in [0.3, 0.4) is 0 Å². The molecule has 0 amide bonds. The van der Waals surface area contributed by atoms with Crippen molar-refractivity contribution in [2.75, 3.05) is 0 Å². The van der Waals surface area contributed by atoms with E-state index < -0.39 is 0 Å². The maximum Gasteiger partial charge on any atom is 0.143 e. The highest BCUT2D eigenvalue weighted by Crippen LogP contribution is 2.48. The van der Waals surface area contributed by atoms with Crippen LogP contribution in [0.25, 0.3) is 86.3 Å². The SMILES string of the molecule is c1ccc(-c2cc3ccc4oc5c(-c6c7ccccc7c(-c7ccccc7)c7ccccc67)cccc5c4c3s2)cc1. The van der Waals surface area contributed by atoms with Crippen molar-refractivity contribution >= 4 is 64.9 Å². The van der Waals surface area contributed by atoms with Gasteiger partial charge in [-0.25, -0.2) is 0 Å². The first-order valence-corrected chi connectivity index (χ1v) is 15.1. The van der Waals surface area contributed by atoms with Gasteiger partial charge in [0.1, 0.15) is 11.2 Å². The molecule has 0 bridgehead atoms. The lowest BCUT2D eigenvalue weighted by molar-refractivity contribution is 0.670. The second-order valence-electron chi connectivity index (χ2n) is 10.8. The molecule has 2 aromatic heterocycles. The number of para-hydroxylation sites is 1. The van der Waals surface area contributed by atoms with Crippen molar-refractivity contribution in [2.45, 2.75) is 0 Å². The zero-order valence-corrected chi connectivity index (χ0v) is 23.5. The topological polar surface area (TPSA) is 13.1 Å². The lowest BCUT2D eigenvalue weighted by atomic mass is 9.85. The van der Waals surface area contributed by atoms with E-state index in [1.54, 1.807) is 0 Å². The Morgan fingerprint density at radius 2 is 1.02 bits per heavy atom. The van der Waals surface area contributed by atoms with E-state index in [9.17, 15) is 0 Å². The van der Waals surface area contributed by atoms with Crippen molar-refractivity contribution < 1.29 is 4.42 Å². The fourth-order valence-electron chi connectivity index (χ4n) is 6.65. The minimum absolute atomic E-state index is 0.931. The maximum atomic E-state index is 6.78. The van der Waals surface area contributed by atoms with Crippen molar-refractivity contribution in [2.24, 2.45) is 0 Å². The van der Waals surface area contributed by atoms with Gasteiger partial charge in [-0.05, 0) is 61.8 Å². The first kappa shape index (κ1) is 23.5. The van der Waals surface area contributed by atoms with Gasteiger partial charge in [0, 0.05) is 31.5 Å². The zero-order valence-electron chi connectivity index (χ0n) is 22.7. The summed E-state index contributed by atoms with van der Waals surface area (Å²) in [6, 6.07) is 52.3. The average molecular weight is 553 g/mol. The van der Waals surface area contributed by atoms with Crippen LogP contribution >= 0.6 is 11.3 Å². The summed E-state index contributed by atoms with van der Waals surface area (Å²) >= 11 is 1.85. The van der Waals surface area contributed by atoms with Gasteiger partial charge in [-0.15, -0.1) is 11.3 Å². The Bertz CT molecular complexity index is 2390. The van der Waals surface area contributed by atoms with Crippen LogP contribution in [0.15, 0.2) is 150 Å². The molecule has 0 aliphatic heterocycles. The molecule has 0 aliphatic carbocycles. The molecule has 7 aromatic carbocycles. The zero-order chi connectivity index (χ0) is 27.6. The van der Waals surface area contributed by atoms with Gasteiger partial charge in [-0.1, -0.05) is 127 Å². The third kappa shape index (κ3) is 3.43. The van der Waals surface area contributed by atoms with E-state index in [2.05, 4.69) is 146 Å². The van der Waals surface area contributed by atoms with Crippen LogP contribution in [0.1, 0.15) is 0 Å². The minimum Gasteiger partial charge on any atom is -0.455 e. The van der Waals surface area contributed by atoms with Gasteiger partial charge in [-0.2, -0.15) is 0 Å². The van der Waals surface area contributed by atoms with E-state index in [-0.39, 0.29) is 0 Å². The van der Waals surface area contributed by atoms with E-state index >= 15 is 0 Å². The average Bonchev–Trinajstić information content (AvgIpc) is 3.66. The van der Waals surface area contributed by atoms with Crippen LogP contribution in [0.4, 0.5) is 0 Å². The van der Waals surface area contributed by atoms with Crippen LogP contribution < -0.4 is 0 Å². The molecule has 0 unspecified atom stereocenters. The third-order valence-corrected chi connectivity index (χ3v) is 9.68. The Kier molecular flexibility index (Phi) is 5.13. The molecular weight excluding hydrogens is 529 g/mol. The molecule has 1 nitrogen and oxygen atoms in total. The van der Waals surface area contributed by atoms with Gasteiger partial charge < -0.3 is 4.42 Å². The van der Waals surface area contributed by atoms with Crippen molar-refractivity contribution in [3.05, 3.63) is 146 Å². The van der Waals surface area contributed by atoms with Gasteiger partial charge in [0.15, 0.2) is 0 Å². The van der Waals surface area contributed by atoms with Gasteiger partial charge >= 0.3 is 0 Å². The quantitative estimate of drug-likeness (QED) is 0.199. The summed E-state index contributed by atoms with van der Waals surface area (Å²) in [6.07, 6.45) is 0. The van der Waals surface area contributed by atoms with E-state index in [0.717, 1.165) is 22.1 Å². The smallest absolute Gasteiger partial charge is 0.143 e. The number of thiophene rings is 1. The molecule has 0 saturated heterocycles. The molecule has 0 atom stereocenters. The molecule has 0 N–H and O–H groups in total. The summed E-state index contributed by atoms with van der Waals surface area (Å²) < 4.78 is 8.05. The lowest BCUT2D eigenvalue weighted by Gasteiger charge is -2.17. The van der Waals surface area contributed by atoms with E-state index in [1.807, 2.05) is 11.3 Å². The normalized spacial score (nSPS) is 11.8. The number of furan rings is 1. The van der Waals surface area contributed by atoms with Crippen LogP contribution in [0, 0.1) is 0 Å². The highest BCUT2D eigenvalue weighted by Gasteiger charge is 2.21. The van der Waals surface area contributed by atoms with Gasteiger partial charge in [0.25, 0.3) is 0 Å². The second-order valence-corrected chi connectivity index (χ2v) is 11.9. The number of rotatable bonds is 3. The summed E-state index contributed by atoms with van der Waals surface area (Å²) in [5.41, 5.74) is 7.97. The Hall–Kier alpha value is -5.18. The molecular formula is C40H24OS. The molecule has 9 rings (SSSR count). The lowest BCUT2D eigenvalue weighted by Crippen LogP contribution is -1.90. The van der Waals surface area contributed by atoms with Crippen LogP contribution in [0.5, 0.6) is 0 Å². The predicted molar refractivity (Wildman–Crippen MR) is 180 cm³/mol. The van der Waals surface area contributed by atoms with E-state index in [4.69, 9.17) is 4.42 Å². The highest BCUT2D eigenvalue weighted by atomic mass is 32.1. The molecule has 42 heavy (non-hydrogen) atoms. The molecule has 0 saturated carbocycles. The fourth-order valence-corrected chi connectivity index (χ4v) is 7.87. The number of benzene rings is 7. The highest BCUT2D eigenvalue weighted by molar-refractivity contribution is 7.23. The van der Waals surface area contributed by atoms with Crippen molar-refractivity contribution in [1.82, 2.24) is 0 Å².